The molecule has 3 nitrogen and oxygen atoms in total. The molecule has 0 amide bonds. The van der Waals surface area contributed by atoms with Crippen LogP contribution in [0, 0.1) is 0 Å². The number of nitrogens with zero attached hydrogens (tertiary/aromatic N) is 2. The molecule has 0 saturated carbocycles. The molecule has 0 aliphatic carbocycles. The molecule has 2 N–H and O–H groups in total. The van der Waals surface area contributed by atoms with Crippen LogP contribution in [0.1, 0.15) is 31.0 Å². The number of aryl methyl sites for hydroxylation is 1. The number of hydrogen-bond acceptors (Lipinski definition) is 2. The van der Waals surface area contributed by atoms with E-state index in [0.717, 1.165) is 13.1 Å². The first-order valence-corrected chi connectivity index (χ1v) is 7.36. The summed E-state index contributed by atoms with van der Waals surface area (Å²) < 4.78 is 2.38. The Morgan fingerprint density at radius 2 is 1.89 bits per heavy atom. The lowest BCUT2D eigenvalue weighted by atomic mass is 10.1. The minimum absolute atomic E-state index is 0.631. The third-order valence-electron chi connectivity index (χ3n) is 4.28. The molecule has 3 heteroatoms. The largest absolute Gasteiger partial charge is 0.343 e. The summed E-state index contributed by atoms with van der Waals surface area (Å²) in [6, 6.07) is 8.71. The van der Waals surface area contributed by atoms with Crippen molar-refractivity contribution in [1.82, 2.24) is 9.47 Å². The normalized spacial score (nSPS) is 16.5. The molecule has 2 heterocycles. The minimum atomic E-state index is 0.631. The van der Waals surface area contributed by atoms with E-state index in [1.165, 1.54) is 48.1 Å². The fraction of sp³-hybridized carbons (Fsp3) is 0.500. The molecule has 0 radical (unpaired) electrons. The molecule has 3 rings (SSSR count). The molecule has 1 aliphatic rings. The van der Waals surface area contributed by atoms with E-state index in [1.54, 1.807) is 0 Å². The summed E-state index contributed by atoms with van der Waals surface area (Å²) in [6.45, 7) is 7.34. The quantitative estimate of drug-likeness (QED) is 0.914. The number of hydrogen-bond donors (Lipinski definition) is 1. The van der Waals surface area contributed by atoms with E-state index in [2.05, 4.69) is 40.7 Å². The molecular formula is C16H23N3. The van der Waals surface area contributed by atoms with Crippen LogP contribution in [0.25, 0.3) is 10.9 Å². The Hall–Kier alpha value is -1.32. The molecular weight excluding hydrogens is 234 g/mol. The summed E-state index contributed by atoms with van der Waals surface area (Å²) in [5.41, 5.74) is 10.1. The van der Waals surface area contributed by atoms with Gasteiger partial charge in [0.25, 0.3) is 0 Å². The highest BCUT2D eigenvalue weighted by molar-refractivity contribution is 5.85. The predicted octanol–water partition coefficient (Wildman–Crippen LogP) is 2.72. The van der Waals surface area contributed by atoms with Crippen LogP contribution in [-0.4, -0.2) is 22.6 Å². The average molecular weight is 257 g/mol. The van der Waals surface area contributed by atoms with Crippen molar-refractivity contribution >= 4 is 10.9 Å². The average Bonchev–Trinajstić information content (AvgIpc) is 3.05. The molecule has 1 aromatic heterocycles. The maximum absolute atomic E-state index is 6.03. The number of para-hydroxylation sites is 1. The lowest BCUT2D eigenvalue weighted by molar-refractivity contribution is 0.331. The number of likely N-dealkylation sites (tertiary alicyclic amines) is 1. The van der Waals surface area contributed by atoms with Crippen LogP contribution in [0.3, 0.4) is 0 Å². The van der Waals surface area contributed by atoms with Crippen LogP contribution < -0.4 is 5.73 Å². The van der Waals surface area contributed by atoms with Gasteiger partial charge >= 0.3 is 0 Å². The summed E-state index contributed by atoms with van der Waals surface area (Å²) in [4.78, 5) is 2.56. The lowest BCUT2D eigenvalue weighted by Gasteiger charge is -2.16. The van der Waals surface area contributed by atoms with Crippen LogP contribution in [-0.2, 0) is 19.6 Å². The highest BCUT2D eigenvalue weighted by atomic mass is 15.1. The van der Waals surface area contributed by atoms with Crippen molar-refractivity contribution < 1.29 is 0 Å². The van der Waals surface area contributed by atoms with E-state index in [9.17, 15) is 0 Å². The molecule has 2 aromatic rings. The number of benzene rings is 1. The van der Waals surface area contributed by atoms with Crippen LogP contribution >= 0.6 is 0 Å². The maximum Gasteiger partial charge on any atom is 0.0486 e. The van der Waals surface area contributed by atoms with Crippen molar-refractivity contribution in [3.63, 3.8) is 0 Å². The third-order valence-corrected chi connectivity index (χ3v) is 4.28. The second kappa shape index (κ2) is 5.35. The Morgan fingerprint density at radius 3 is 2.58 bits per heavy atom. The highest BCUT2D eigenvalue weighted by Crippen LogP contribution is 2.28. The fourth-order valence-corrected chi connectivity index (χ4v) is 3.36. The van der Waals surface area contributed by atoms with Gasteiger partial charge in [0.15, 0.2) is 0 Å². The Balaban J connectivity index is 2.09. The van der Waals surface area contributed by atoms with E-state index in [-0.39, 0.29) is 0 Å². The van der Waals surface area contributed by atoms with E-state index < -0.39 is 0 Å². The highest BCUT2D eigenvalue weighted by Gasteiger charge is 2.19. The number of rotatable bonds is 4. The van der Waals surface area contributed by atoms with Gasteiger partial charge < -0.3 is 10.3 Å². The molecule has 1 saturated heterocycles. The van der Waals surface area contributed by atoms with E-state index >= 15 is 0 Å². The van der Waals surface area contributed by atoms with Gasteiger partial charge in [-0.1, -0.05) is 18.2 Å². The van der Waals surface area contributed by atoms with Crippen molar-refractivity contribution in [2.45, 2.75) is 39.4 Å². The van der Waals surface area contributed by atoms with Gasteiger partial charge in [-0.25, -0.2) is 0 Å². The Labute approximate surface area is 115 Å². The SMILES string of the molecule is CCn1c(CN)c(CN2CCCC2)c2ccccc21. The number of aromatic nitrogens is 1. The predicted molar refractivity (Wildman–Crippen MR) is 80.0 cm³/mol. The van der Waals surface area contributed by atoms with Crippen LogP contribution in [0.15, 0.2) is 24.3 Å². The first-order valence-electron chi connectivity index (χ1n) is 7.36. The van der Waals surface area contributed by atoms with E-state index in [1.807, 2.05) is 0 Å². The molecule has 0 atom stereocenters. The molecule has 102 valence electrons. The van der Waals surface area contributed by atoms with E-state index in [4.69, 9.17) is 5.73 Å². The summed E-state index contributed by atoms with van der Waals surface area (Å²) in [6.07, 6.45) is 2.68. The Morgan fingerprint density at radius 1 is 1.16 bits per heavy atom. The fourth-order valence-electron chi connectivity index (χ4n) is 3.36. The summed E-state index contributed by atoms with van der Waals surface area (Å²) in [7, 11) is 0. The van der Waals surface area contributed by atoms with Crippen molar-refractivity contribution in [2.24, 2.45) is 5.73 Å². The number of nitrogens with two attached hydrogens (primary N) is 1. The summed E-state index contributed by atoms with van der Waals surface area (Å²) in [5, 5.41) is 1.39. The molecule has 0 bridgehead atoms. The van der Waals surface area contributed by atoms with Crippen LogP contribution in [0.2, 0.25) is 0 Å². The smallest absolute Gasteiger partial charge is 0.0486 e. The van der Waals surface area contributed by atoms with Crippen molar-refractivity contribution in [1.29, 1.82) is 0 Å². The third kappa shape index (κ3) is 2.17. The van der Waals surface area contributed by atoms with Gasteiger partial charge in [-0.3, -0.25) is 4.90 Å². The van der Waals surface area contributed by atoms with Gasteiger partial charge in [-0.15, -0.1) is 0 Å². The molecule has 19 heavy (non-hydrogen) atoms. The van der Waals surface area contributed by atoms with Crippen molar-refractivity contribution in [3.8, 4) is 0 Å². The topological polar surface area (TPSA) is 34.2 Å². The van der Waals surface area contributed by atoms with Gasteiger partial charge in [0.1, 0.15) is 0 Å². The zero-order chi connectivity index (χ0) is 13.2. The van der Waals surface area contributed by atoms with Gasteiger partial charge in [0, 0.05) is 36.2 Å². The first kappa shape index (κ1) is 12.7. The standard InChI is InChI=1S/C16H23N3/c1-2-19-15-8-4-3-7-13(15)14(16(19)11-17)12-18-9-5-6-10-18/h3-4,7-8H,2,5-6,9-12,17H2,1H3. The van der Waals surface area contributed by atoms with Gasteiger partial charge in [-0.05, 0) is 44.5 Å². The molecule has 0 unspecified atom stereocenters. The Bertz CT molecular complexity index is 565. The second-order valence-corrected chi connectivity index (χ2v) is 5.37. The zero-order valence-electron chi connectivity index (χ0n) is 11.7. The lowest BCUT2D eigenvalue weighted by Crippen LogP contribution is -2.20. The maximum atomic E-state index is 6.03. The minimum Gasteiger partial charge on any atom is -0.343 e. The van der Waals surface area contributed by atoms with Gasteiger partial charge in [0.2, 0.25) is 0 Å². The van der Waals surface area contributed by atoms with Crippen molar-refractivity contribution in [3.05, 3.63) is 35.5 Å². The number of fused-ring (bicyclic) bond motifs is 1. The van der Waals surface area contributed by atoms with Crippen molar-refractivity contribution in [2.75, 3.05) is 13.1 Å². The molecule has 1 aromatic carbocycles. The van der Waals surface area contributed by atoms with E-state index in [0.29, 0.717) is 6.54 Å². The second-order valence-electron chi connectivity index (χ2n) is 5.37. The summed E-state index contributed by atoms with van der Waals surface area (Å²) >= 11 is 0. The van der Waals surface area contributed by atoms with Gasteiger partial charge in [0.05, 0.1) is 0 Å². The monoisotopic (exact) mass is 257 g/mol. The molecule has 1 fully saturated rings. The zero-order valence-corrected chi connectivity index (χ0v) is 11.7. The van der Waals surface area contributed by atoms with Crippen LogP contribution in [0.5, 0.6) is 0 Å². The Kier molecular flexibility index (Phi) is 3.58. The van der Waals surface area contributed by atoms with Crippen LogP contribution in [0.4, 0.5) is 0 Å². The molecule has 0 spiro atoms. The summed E-state index contributed by atoms with van der Waals surface area (Å²) in [5.74, 6) is 0. The molecule has 1 aliphatic heterocycles. The van der Waals surface area contributed by atoms with Gasteiger partial charge in [-0.2, -0.15) is 0 Å². The first-order chi connectivity index (χ1) is 9.35.